The maximum Gasteiger partial charge on any atom is 0.253 e. The molecule has 0 aliphatic rings. The first-order chi connectivity index (χ1) is 14.4. The first kappa shape index (κ1) is 23.1. The van der Waals surface area contributed by atoms with Gasteiger partial charge in [0.1, 0.15) is 11.5 Å². The Kier molecular flexibility index (Phi) is 8.53. The summed E-state index contributed by atoms with van der Waals surface area (Å²) >= 11 is 0. The zero-order chi connectivity index (χ0) is 22.1. The van der Waals surface area contributed by atoms with E-state index in [0.29, 0.717) is 18.7 Å². The molecule has 0 unspecified atom stereocenters. The molecular formula is C23H32N4O3. The molecule has 0 saturated carbocycles. The third-order valence-corrected chi connectivity index (χ3v) is 4.62. The Balaban J connectivity index is 2.12. The Hall–Kier alpha value is -3.22. The molecule has 2 rings (SSSR count). The lowest BCUT2D eigenvalue weighted by Crippen LogP contribution is -2.38. The van der Waals surface area contributed by atoms with Crippen LogP contribution in [-0.2, 0) is 13.1 Å². The number of guanidine groups is 1. The van der Waals surface area contributed by atoms with E-state index >= 15 is 0 Å². The standard InChI is InChI=1S/C23H32N4O3/c1-7-24-23(25-15-17-8-10-18(11-9-17)22(28)26(2)3)27(4)16-19-12-13-20(29-5)14-21(19)30-6/h8-14H,7,15-16H2,1-6H3,(H,24,25). The Bertz CT molecular complexity index is 863. The van der Waals surface area contributed by atoms with Gasteiger partial charge < -0.3 is 24.6 Å². The number of hydrogen-bond acceptors (Lipinski definition) is 4. The number of ether oxygens (including phenoxy) is 2. The van der Waals surface area contributed by atoms with Gasteiger partial charge in [-0.1, -0.05) is 12.1 Å². The molecular weight excluding hydrogens is 380 g/mol. The van der Waals surface area contributed by atoms with Crippen LogP contribution in [0.1, 0.15) is 28.4 Å². The molecule has 162 valence electrons. The highest BCUT2D eigenvalue weighted by atomic mass is 16.5. The molecule has 0 heterocycles. The molecule has 0 aliphatic heterocycles. The van der Waals surface area contributed by atoms with Crippen molar-refractivity contribution in [3.8, 4) is 11.5 Å². The quantitative estimate of drug-likeness (QED) is 0.533. The predicted octanol–water partition coefficient (Wildman–Crippen LogP) is 3.00. The summed E-state index contributed by atoms with van der Waals surface area (Å²) in [7, 11) is 8.78. The summed E-state index contributed by atoms with van der Waals surface area (Å²) in [5.41, 5.74) is 2.75. The zero-order valence-electron chi connectivity index (χ0n) is 18.7. The molecule has 1 N–H and O–H groups in total. The number of nitrogens with one attached hydrogen (secondary N) is 1. The van der Waals surface area contributed by atoms with E-state index in [1.54, 1.807) is 33.2 Å². The van der Waals surface area contributed by atoms with Gasteiger partial charge in [0.15, 0.2) is 5.96 Å². The molecule has 0 spiro atoms. The number of methoxy groups -OCH3 is 2. The predicted molar refractivity (Wildman–Crippen MR) is 120 cm³/mol. The second-order valence-electron chi connectivity index (χ2n) is 7.10. The van der Waals surface area contributed by atoms with E-state index in [0.717, 1.165) is 35.1 Å². The number of rotatable bonds is 8. The van der Waals surface area contributed by atoms with Crippen LogP contribution in [0.5, 0.6) is 11.5 Å². The van der Waals surface area contributed by atoms with E-state index in [-0.39, 0.29) is 5.91 Å². The van der Waals surface area contributed by atoms with Crippen molar-refractivity contribution in [3.05, 3.63) is 59.2 Å². The van der Waals surface area contributed by atoms with Gasteiger partial charge in [-0.3, -0.25) is 4.79 Å². The van der Waals surface area contributed by atoms with Gasteiger partial charge >= 0.3 is 0 Å². The van der Waals surface area contributed by atoms with Gasteiger partial charge in [-0.05, 0) is 36.8 Å². The van der Waals surface area contributed by atoms with E-state index < -0.39 is 0 Å². The second-order valence-corrected chi connectivity index (χ2v) is 7.10. The third-order valence-electron chi connectivity index (χ3n) is 4.62. The van der Waals surface area contributed by atoms with Gasteiger partial charge in [-0.15, -0.1) is 0 Å². The summed E-state index contributed by atoms with van der Waals surface area (Å²) in [6, 6.07) is 13.4. The zero-order valence-corrected chi connectivity index (χ0v) is 18.7. The summed E-state index contributed by atoms with van der Waals surface area (Å²) in [6.07, 6.45) is 0. The number of amides is 1. The lowest BCUT2D eigenvalue weighted by atomic mass is 10.1. The fourth-order valence-electron chi connectivity index (χ4n) is 2.96. The monoisotopic (exact) mass is 412 g/mol. The summed E-state index contributed by atoms with van der Waals surface area (Å²) < 4.78 is 10.8. The van der Waals surface area contributed by atoms with Crippen LogP contribution in [0, 0.1) is 0 Å². The van der Waals surface area contributed by atoms with E-state index in [1.807, 2.05) is 56.4 Å². The van der Waals surface area contributed by atoms with E-state index in [4.69, 9.17) is 14.5 Å². The SMILES string of the molecule is CCNC(=NCc1ccc(C(=O)N(C)C)cc1)N(C)Cc1ccc(OC)cc1OC. The average Bonchev–Trinajstić information content (AvgIpc) is 2.76. The molecule has 7 nitrogen and oxygen atoms in total. The molecule has 0 atom stereocenters. The highest BCUT2D eigenvalue weighted by Crippen LogP contribution is 2.25. The fourth-order valence-corrected chi connectivity index (χ4v) is 2.96. The van der Waals surface area contributed by atoms with Gasteiger partial charge in [0, 0.05) is 51.4 Å². The molecule has 0 radical (unpaired) electrons. The van der Waals surface area contributed by atoms with Gasteiger partial charge in [-0.25, -0.2) is 4.99 Å². The number of nitrogens with zero attached hydrogens (tertiary/aromatic N) is 3. The van der Waals surface area contributed by atoms with Crippen molar-refractivity contribution in [1.82, 2.24) is 15.1 Å². The average molecular weight is 413 g/mol. The molecule has 30 heavy (non-hydrogen) atoms. The molecule has 0 fully saturated rings. The van der Waals surface area contributed by atoms with Crippen molar-refractivity contribution in [2.24, 2.45) is 4.99 Å². The fraction of sp³-hybridized carbons (Fsp3) is 0.391. The minimum absolute atomic E-state index is 0.00781. The topological polar surface area (TPSA) is 66.4 Å². The first-order valence-corrected chi connectivity index (χ1v) is 9.90. The van der Waals surface area contributed by atoms with Crippen LogP contribution in [0.2, 0.25) is 0 Å². The maximum atomic E-state index is 12.0. The third kappa shape index (κ3) is 6.14. The van der Waals surface area contributed by atoms with Crippen LogP contribution in [0.4, 0.5) is 0 Å². The lowest BCUT2D eigenvalue weighted by molar-refractivity contribution is 0.0827. The minimum Gasteiger partial charge on any atom is -0.497 e. The smallest absolute Gasteiger partial charge is 0.253 e. The van der Waals surface area contributed by atoms with Crippen LogP contribution in [0.3, 0.4) is 0 Å². The van der Waals surface area contributed by atoms with Crippen LogP contribution in [-0.4, -0.2) is 63.6 Å². The van der Waals surface area contributed by atoms with Crippen molar-refractivity contribution in [2.45, 2.75) is 20.0 Å². The van der Waals surface area contributed by atoms with Gasteiger partial charge in [0.05, 0.1) is 20.8 Å². The summed E-state index contributed by atoms with van der Waals surface area (Å²) in [6.45, 7) is 3.95. The van der Waals surface area contributed by atoms with Crippen molar-refractivity contribution in [2.75, 3.05) is 41.9 Å². The van der Waals surface area contributed by atoms with Crippen molar-refractivity contribution >= 4 is 11.9 Å². The van der Waals surface area contributed by atoms with Gasteiger partial charge in [0.25, 0.3) is 5.91 Å². The Morgan fingerprint density at radius 3 is 2.30 bits per heavy atom. The number of hydrogen-bond donors (Lipinski definition) is 1. The molecule has 2 aromatic rings. The van der Waals surface area contributed by atoms with E-state index in [2.05, 4.69) is 10.2 Å². The maximum absolute atomic E-state index is 12.0. The van der Waals surface area contributed by atoms with E-state index in [9.17, 15) is 4.79 Å². The molecule has 0 bridgehead atoms. The highest BCUT2D eigenvalue weighted by molar-refractivity contribution is 5.93. The number of carbonyl (C=O) groups excluding carboxylic acids is 1. The van der Waals surface area contributed by atoms with Crippen molar-refractivity contribution in [3.63, 3.8) is 0 Å². The second kappa shape index (κ2) is 11.1. The normalized spacial score (nSPS) is 11.1. The molecule has 2 aromatic carbocycles. The number of benzene rings is 2. The number of aliphatic imine (C=N–C) groups is 1. The van der Waals surface area contributed by atoms with Crippen LogP contribution in [0.25, 0.3) is 0 Å². The van der Waals surface area contributed by atoms with Crippen LogP contribution >= 0.6 is 0 Å². The largest absolute Gasteiger partial charge is 0.497 e. The van der Waals surface area contributed by atoms with Crippen LogP contribution < -0.4 is 14.8 Å². The molecule has 0 saturated heterocycles. The van der Waals surface area contributed by atoms with Gasteiger partial charge in [0.2, 0.25) is 0 Å². The number of carbonyl (C=O) groups is 1. The summed E-state index contributed by atoms with van der Waals surface area (Å²) in [4.78, 5) is 20.4. The molecule has 1 amide bonds. The van der Waals surface area contributed by atoms with Crippen molar-refractivity contribution in [1.29, 1.82) is 0 Å². The molecule has 7 heteroatoms. The Labute approximate surface area is 179 Å². The lowest BCUT2D eigenvalue weighted by Gasteiger charge is -2.23. The highest BCUT2D eigenvalue weighted by Gasteiger charge is 2.12. The summed E-state index contributed by atoms with van der Waals surface area (Å²) in [5.74, 6) is 2.32. The van der Waals surface area contributed by atoms with E-state index in [1.165, 1.54) is 0 Å². The minimum atomic E-state index is -0.00781. The summed E-state index contributed by atoms with van der Waals surface area (Å²) in [5, 5.41) is 3.33. The van der Waals surface area contributed by atoms with Crippen LogP contribution in [0.15, 0.2) is 47.5 Å². The molecule has 0 aliphatic carbocycles. The first-order valence-electron chi connectivity index (χ1n) is 9.90. The molecule has 0 aromatic heterocycles. The Morgan fingerprint density at radius 1 is 1.03 bits per heavy atom. The van der Waals surface area contributed by atoms with Gasteiger partial charge in [-0.2, -0.15) is 0 Å². The van der Waals surface area contributed by atoms with Crippen molar-refractivity contribution < 1.29 is 14.3 Å². The Morgan fingerprint density at radius 2 is 1.73 bits per heavy atom.